The van der Waals surface area contributed by atoms with Crippen molar-refractivity contribution in [3.05, 3.63) is 131 Å². The predicted molar refractivity (Wildman–Crippen MR) is 151 cm³/mol. The third-order valence-corrected chi connectivity index (χ3v) is 6.69. The highest BCUT2D eigenvalue weighted by molar-refractivity contribution is 5.69. The van der Waals surface area contributed by atoms with Crippen LogP contribution in [-0.4, -0.2) is 6.36 Å². The van der Waals surface area contributed by atoms with E-state index < -0.39 is 41.2 Å². The van der Waals surface area contributed by atoms with Crippen LogP contribution < -0.4 is 4.74 Å². The first-order chi connectivity index (χ1) is 20.4. The van der Waals surface area contributed by atoms with Gasteiger partial charge in [-0.1, -0.05) is 72.8 Å². The van der Waals surface area contributed by atoms with Crippen molar-refractivity contribution in [2.24, 2.45) is 0 Å². The van der Waals surface area contributed by atoms with Crippen LogP contribution in [0, 0.1) is 17.5 Å². The lowest BCUT2D eigenvalue weighted by atomic mass is 9.98. The summed E-state index contributed by atoms with van der Waals surface area (Å²) < 4.78 is 112. The van der Waals surface area contributed by atoms with Gasteiger partial charge in [-0.15, -0.1) is 13.2 Å². The van der Waals surface area contributed by atoms with Crippen LogP contribution in [0.3, 0.4) is 0 Å². The van der Waals surface area contributed by atoms with Gasteiger partial charge in [0.1, 0.15) is 11.6 Å². The Hall–Kier alpha value is -4.40. The highest BCUT2D eigenvalue weighted by atomic mass is 19.4. The maximum absolute atomic E-state index is 14.8. The molecule has 43 heavy (non-hydrogen) atoms. The molecular weight excluding hydrogens is 576 g/mol. The molecule has 1 nitrogen and oxygen atoms in total. The highest BCUT2D eigenvalue weighted by Crippen LogP contribution is 2.34. The Labute approximate surface area is 243 Å². The summed E-state index contributed by atoms with van der Waals surface area (Å²) in [5.41, 5.74) is 2.96. The Kier molecular flexibility index (Phi) is 10.1. The van der Waals surface area contributed by atoms with Crippen LogP contribution in [0.25, 0.3) is 28.1 Å². The van der Waals surface area contributed by atoms with Crippen LogP contribution in [0.4, 0.5) is 35.1 Å². The first-order valence-corrected chi connectivity index (χ1v) is 13.3. The molecule has 0 atom stereocenters. The maximum Gasteiger partial charge on any atom is 0.573 e. The molecule has 0 aromatic heterocycles. The van der Waals surface area contributed by atoms with Gasteiger partial charge in [-0.05, 0) is 72.2 Å². The van der Waals surface area contributed by atoms with E-state index in [0.29, 0.717) is 37.0 Å². The van der Waals surface area contributed by atoms with Gasteiger partial charge in [-0.25, -0.2) is 22.0 Å². The molecule has 4 aromatic carbocycles. The standard InChI is InChI=1S/C34H26F8O/c1-2-3-4-5-28(35)32(39)25-15-13-24(14-16-25)23-11-8-21(9-12-23)6-7-22-10-17-27(29(36)18-22)26-19-30(37)33(31(38)20-26)43-34(40,41)42/h2-3,8-20H,4-7H2,1H3. The van der Waals surface area contributed by atoms with Crippen molar-refractivity contribution in [3.63, 3.8) is 0 Å². The number of alkyl halides is 3. The van der Waals surface area contributed by atoms with Crippen molar-refractivity contribution in [2.75, 3.05) is 0 Å². The van der Waals surface area contributed by atoms with E-state index >= 15 is 0 Å². The van der Waals surface area contributed by atoms with Gasteiger partial charge >= 0.3 is 6.36 Å². The SMILES string of the molecule is CC=CCCC(F)=C(F)c1ccc(-c2ccc(CCc3ccc(-c4cc(F)c(OC(F)(F)F)c(F)c4)c(F)c3)cc2)cc1. The van der Waals surface area contributed by atoms with E-state index in [9.17, 15) is 35.1 Å². The number of halogens is 8. The summed E-state index contributed by atoms with van der Waals surface area (Å²) in [7, 11) is 0. The van der Waals surface area contributed by atoms with E-state index in [1.54, 1.807) is 30.4 Å². The lowest BCUT2D eigenvalue weighted by Crippen LogP contribution is -2.19. The Balaban J connectivity index is 1.39. The van der Waals surface area contributed by atoms with Crippen LogP contribution in [0.5, 0.6) is 5.75 Å². The van der Waals surface area contributed by atoms with E-state index in [1.165, 1.54) is 24.3 Å². The fourth-order valence-corrected chi connectivity index (χ4v) is 4.48. The van der Waals surface area contributed by atoms with Gasteiger partial charge in [0.15, 0.2) is 17.5 Å². The minimum Gasteiger partial charge on any atom is -0.399 e. The van der Waals surface area contributed by atoms with Crippen LogP contribution in [0.15, 0.2) is 96.8 Å². The third kappa shape index (κ3) is 8.34. The number of rotatable bonds is 10. The largest absolute Gasteiger partial charge is 0.573 e. The molecular formula is C34H26F8O. The van der Waals surface area contributed by atoms with Crippen molar-refractivity contribution >= 4 is 5.83 Å². The van der Waals surface area contributed by atoms with Gasteiger partial charge in [0.2, 0.25) is 5.75 Å². The van der Waals surface area contributed by atoms with E-state index in [1.807, 2.05) is 31.2 Å². The molecule has 0 heterocycles. The second kappa shape index (κ2) is 13.7. The number of hydrogen-bond acceptors (Lipinski definition) is 1. The van der Waals surface area contributed by atoms with Crippen molar-refractivity contribution in [1.82, 2.24) is 0 Å². The fourth-order valence-electron chi connectivity index (χ4n) is 4.48. The molecule has 0 N–H and O–H groups in total. The molecule has 0 unspecified atom stereocenters. The summed E-state index contributed by atoms with van der Waals surface area (Å²) in [5, 5.41) is 0. The van der Waals surface area contributed by atoms with Crippen LogP contribution in [0.2, 0.25) is 0 Å². The van der Waals surface area contributed by atoms with Crippen LogP contribution in [-0.2, 0) is 12.8 Å². The van der Waals surface area contributed by atoms with Crippen molar-refractivity contribution < 1.29 is 39.9 Å². The molecule has 0 saturated carbocycles. The molecule has 0 saturated heterocycles. The first kappa shape index (κ1) is 31.5. The number of allylic oxidation sites excluding steroid dienone is 3. The smallest absolute Gasteiger partial charge is 0.399 e. The van der Waals surface area contributed by atoms with E-state index in [4.69, 9.17) is 0 Å². The molecule has 0 aliphatic heterocycles. The van der Waals surface area contributed by atoms with Crippen molar-refractivity contribution in [1.29, 1.82) is 0 Å². The molecule has 0 amide bonds. The van der Waals surface area contributed by atoms with Crippen LogP contribution in [0.1, 0.15) is 36.5 Å². The van der Waals surface area contributed by atoms with Crippen LogP contribution >= 0.6 is 0 Å². The normalized spacial score (nSPS) is 12.5. The molecule has 0 bridgehead atoms. The summed E-state index contributed by atoms with van der Waals surface area (Å²) in [4.78, 5) is 0. The third-order valence-electron chi connectivity index (χ3n) is 6.69. The van der Waals surface area contributed by atoms with E-state index in [-0.39, 0.29) is 23.1 Å². The minimum absolute atomic E-state index is 0.00584. The second-order valence-corrected chi connectivity index (χ2v) is 9.73. The Morgan fingerprint density at radius 2 is 1.26 bits per heavy atom. The predicted octanol–water partition coefficient (Wildman–Crippen LogP) is 11.1. The van der Waals surface area contributed by atoms with Crippen molar-refractivity contribution in [2.45, 2.75) is 39.0 Å². The average Bonchev–Trinajstić information content (AvgIpc) is 2.97. The average molecular weight is 603 g/mol. The monoisotopic (exact) mass is 602 g/mol. The van der Waals surface area contributed by atoms with Gasteiger partial charge in [0.25, 0.3) is 0 Å². The number of ether oxygens (including phenoxy) is 1. The highest BCUT2D eigenvalue weighted by Gasteiger charge is 2.34. The van der Waals surface area contributed by atoms with Gasteiger partial charge in [-0.3, -0.25) is 0 Å². The Morgan fingerprint density at radius 1 is 0.698 bits per heavy atom. The molecule has 0 radical (unpaired) electrons. The number of hydrogen-bond donors (Lipinski definition) is 0. The quantitative estimate of drug-likeness (QED) is 0.130. The zero-order valence-corrected chi connectivity index (χ0v) is 22.9. The summed E-state index contributed by atoms with van der Waals surface area (Å²) in [6, 6.07) is 19.3. The molecule has 0 fully saturated rings. The minimum atomic E-state index is -5.28. The molecule has 0 spiro atoms. The summed E-state index contributed by atoms with van der Waals surface area (Å²) in [5.74, 6) is -7.27. The van der Waals surface area contributed by atoms with E-state index in [0.717, 1.165) is 16.7 Å². The first-order valence-electron chi connectivity index (χ1n) is 13.3. The fraction of sp³-hybridized carbons (Fsp3) is 0.176. The lowest BCUT2D eigenvalue weighted by Gasteiger charge is -2.13. The van der Waals surface area contributed by atoms with Gasteiger partial charge < -0.3 is 4.74 Å². The van der Waals surface area contributed by atoms with Gasteiger partial charge in [-0.2, -0.15) is 0 Å². The summed E-state index contributed by atoms with van der Waals surface area (Å²) >= 11 is 0. The second-order valence-electron chi connectivity index (χ2n) is 9.73. The van der Waals surface area contributed by atoms with Gasteiger partial charge in [0.05, 0.1) is 0 Å². The lowest BCUT2D eigenvalue weighted by molar-refractivity contribution is -0.276. The molecule has 0 aliphatic carbocycles. The summed E-state index contributed by atoms with van der Waals surface area (Å²) in [6.07, 6.45) is -0.325. The maximum atomic E-state index is 14.8. The molecule has 4 rings (SSSR count). The number of aryl methyl sites for hydroxylation is 2. The zero-order valence-electron chi connectivity index (χ0n) is 22.9. The van der Waals surface area contributed by atoms with Gasteiger partial charge in [0, 0.05) is 17.5 Å². The Bertz CT molecular complexity index is 1600. The molecule has 4 aromatic rings. The molecule has 0 aliphatic rings. The van der Waals surface area contributed by atoms with E-state index in [2.05, 4.69) is 4.74 Å². The zero-order chi connectivity index (χ0) is 31.1. The number of benzene rings is 4. The topological polar surface area (TPSA) is 9.23 Å². The Morgan fingerprint density at radius 3 is 1.81 bits per heavy atom. The molecule has 9 heteroatoms. The van der Waals surface area contributed by atoms with Crippen molar-refractivity contribution in [3.8, 4) is 28.0 Å². The summed E-state index contributed by atoms with van der Waals surface area (Å²) in [6.45, 7) is 1.81. The molecule has 224 valence electrons.